The van der Waals surface area contributed by atoms with Crippen molar-refractivity contribution in [3.05, 3.63) is 64.3 Å². The van der Waals surface area contributed by atoms with Crippen molar-refractivity contribution in [3.8, 4) is 0 Å². The first-order valence-electron chi connectivity index (χ1n) is 5.73. The summed E-state index contributed by atoms with van der Waals surface area (Å²) in [5, 5.41) is 6.38. The van der Waals surface area contributed by atoms with Gasteiger partial charge in [-0.05, 0) is 18.2 Å². The van der Waals surface area contributed by atoms with Gasteiger partial charge in [-0.2, -0.15) is 5.10 Å². The van der Waals surface area contributed by atoms with Crippen molar-refractivity contribution in [2.75, 3.05) is 6.54 Å². The average Bonchev–Trinajstić information content (AvgIpc) is 2.41. The van der Waals surface area contributed by atoms with E-state index in [0.717, 1.165) is 0 Å². The molecule has 19 heavy (non-hydrogen) atoms. The number of hydrogen-bond acceptors (Lipinski definition) is 3. The lowest BCUT2D eigenvalue weighted by Gasteiger charge is -2.06. The zero-order valence-electron chi connectivity index (χ0n) is 10.0. The lowest BCUT2D eigenvalue weighted by molar-refractivity contribution is 0.0947. The highest BCUT2D eigenvalue weighted by atomic mass is 19.1. The fourth-order valence-corrected chi connectivity index (χ4v) is 1.57. The van der Waals surface area contributed by atoms with E-state index in [9.17, 15) is 14.0 Å². The van der Waals surface area contributed by atoms with Gasteiger partial charge in [-0.3, -0.25) is 9.59 Å². The highest BCUT2D eigenvalue weighted by Gasteiger charge is 2.09. The van der Waals surface area contributed by atoms with Crippen LogP contribution in [0.2, 0.25) is 0 Å². The van der Waals surface area contributed by atoms with Gasteiger partial charge in [0.2, 0.25) is 0 Å². The minimum Gasteiger partial charge on any atom is -0.350 e. The number of halogens is 1. The largest absolute Gasteiger partial charge is 0.350 e. The quantitative estimate of drug-likeness (QED) is 0.886. The minimum atomic E-state index is -0.574. The molecule has 0 radical (unpaired) electrons. The van der Waals surface area contributed by atoms with Crippen LogP contribution in [0, 0.1) is 5.82 Å². The molecule has 0 aliphatic rings. The molecule has 0 spiro atoms. The third-order valence-electron chi connectivity index (χ3n) is 2.51. The molecule has 0 bridgehead atoms. The number of amides is 1. The Labute approximate surface area is 108 Å². The summed E-state index contributed by atoms with van der Waals surface area (Å²) in [7, 11) is 0. The molecule has 2 rings (SSSR count). The molecule has 1 aromatic heterocycles. The molecule has 1 N–H and O–H groups in total. The Bertz CT molecular complexity index is 640. The van der Waals surface area contributed by atoms with Gasteiger partial charge >= 0.3 is 0 Å². The van der Waals surface area contributed by atoms with E-state index in [1.807, 2.05) is 0 Å². The van der Waals surface area contributed by atoms with Gasteiger partial charge in [0.05, 0.1) is 12.1 Å². The molecule has 0 saturated carbocycles. The van der Waals surface area contributed by atoms with Gasteiger partial charge in [0.1, 0.15) is 5.82 Å². The summed E-state index contributed by atoms with van der Waals surface area (Å²) in [5.41, 5.74) is -0.265. The average molecular weight is 261 g/mol. The fraction of sp³-hybridized carbons (Fsp3) is 0.154. The number of benzene rings is 1. The molecule has 0 atom stereocenters. The Morgan fingerprint density at radius 3 is 2.79 bits per heavy atom. The predicted octanol–water partition coefficient (Wildman–Crippen LogP) is 0.812. The Morgan fingerprint density at radius 2 is 2.05 bits per heavy atom. The molecule has 0 unspecified atom stereocenters. The lowest BCUT2D eigenvalue weighted by atomic mass is 10.2. The third-order valence-corrected chi connectivity index (χ3v) is 2.51. The molecule has 0 aliphatic heterocycles. The summed E-state index contributed by atoms with van der Waals surface area (Å²) in [6.45, 7) is 0.434. The standard InChI is InChI=1S/C13H12FN3O2/c14-11-5-2-1-4-10(11)13(19)15-8-9-17-12(18)6-3-7-16-17/h1-7H,8-9H2,(H,15,19). The van der Waals surface area contributed by atoms with Crippen LogP contribution in [0.4, 0.5) is 4.39 Å². The van der Waals surface area contributed by atoms with Crippen LogP contribution in [0.25, 0.3) is 0 Å². The first-order valence-corrected chi connectivity index (χ1v) is 5.73. The van der Waals surface area contributed by atoms with Crippen molar-refractivity contribution in [1.29, 1.82) is 0 Å². The minimum absolute atomic E-state index is 0.0177. The monoisotopic (exact) mass is 261 g/mol. The van der Waals surface area contributed by atoms with Crippen LogP contribution < -0.4 is 10.9 Å². The van der Waals surface area contributed by atoms with Gasteiger partial charge in [-0.1, -0.05) is 12.1 Å². The SMILES string of the molecule is O=C(NCCn1ncccc1=O)c1ccccc1F. The number of carbonyl (C=O) groups is 1. The maximum absolute atomic E-state index is 13.3. The number of carbonyl (C=O) groups excluding carboxylic acids is 1. The van der Waals surface area contributed by atoms with E-state index < -0.39 is 11.7 Å². The van der Waals surface area contributed by atoms with Gasteiger partial charge in [0, 0.05) is 18.8 Å². The van der Waals surface area contributed by atoms with E-state index in [1.54, 1.807) is 6.07 Å². The first-order chi connectivity index (χ1) is 9.18. The van der Waals surface area contributed by atoms with E-state index in [4.69, 9.17) is 0 Å². The van der Waals surface area contributed by atoms with Crippen LogP contribution in [0.15, 0.2) is 47.4 Å². The second-order valence-corrected chi connectivity index (χ2v) is 3.82. The van der Waals surface area contributed by atoms with Crippen molar-refractivity contribution >= 4 is 5.91 Å². The van der Waals surface area contributed by atoms with Gasteiger partial charge in [-0.15, -0.1) is 0 Å². The topological polar surface area (TPSA) is 64.0 Å². The van der Waals surface area contributed by atoms with Gasteiger partial charge in [0.15, 0.2) is 0 Å². The zero-order valence-corrected chi connectivity index (χ0v) is 10.0. The van der Waals surface area contributed by atoms with Crippen LogP contribution in [-0.4, -0.2) is 22.2 Å². The Hall–Kier alpha value is -2.50. The number of nitrogens with zero attached hydrogens (tertiary/aromatic N) is 2. The Kier molecular flexibility index (Phi) is 4.02. The van der Waals surface area contributed by atoms with Crippen molar-refractivity contribution in [2.24, 2.45) is 0 Å². The molecule has 0 saturated heterocycles. The molecule has 5 nitrogen and oxygen atoms in total. The van der Waals surface area contributed by atoms with Gasteiger partial charge < -0.3 is 5.32 Å². The van der Waals surface area contributed by atoms with E-state index in [0.29, 0.717) is 0 Å². The van der Waals surface area contributed by atoms with Crippen LogP contribution in [0.5, 0.6) is 0 Å². The normalized spacial score (nSPS) is 10.2. The summed E-state index contributed by atoms with van der Waals surface area (Å²) in [6.07, 6.45) is 1.49. The number of rotatable bonds is 4. The number of aromatic nitrogens is 2. The molecule has 1 amide bonds. The maximum Gasteiger partial charge on any atom is 0.266 e. The molecule has 98 valence electrons. The number of hydrogen-bond donors (Lipinski definition) is 1. The molecule has 2 aromatic rings. The molecular formula is C13H12FN3O2. The van der Waals surface area contributed by atoms with Crippen molar-refractivity contribution in [1.82, 2.24) is 15.1 Å². The van der Waals surface area contributed by atoms with E-state index in [1.165, 1.54) is 41.2 Å². The van der Waals surface area contributed by atoms with Crippen molar-refractivity contribution in [3.63, 3.8) is 0 Å². The summed E-state index contributed by atoms with van der Waals surface area (Å²) < 4.78 is 14.5. The first kappa shape index (κ1) is 12.9. The van der Waals surface area contributed by atoms with E-state index in [2.05, 4.69) is 10.4 Å². The lowest BCUT2D eigenvalue weighted by Crippen LogP contribution is -2.31. The van der Waals surface area contributed by atoms with Gasteiger partial charge in [-0.25, -0.2) is 9.07 Å². The molecular weight excluding hydrogens is 249 g/mol. The Morgan fingerprint density at radius 1 is 1.26 bits per heavy atom. The number of nitrogens with one attached hydrogen (secondary N) is 1. The van der Waals surface area contributed by atoms with Crippen LogP contribution >= 0.6 is 0 Å². The highest BCUT2D eigenvalue weighted by molar-refractivity contribution is 5.94. The van der Waals surface area contributed by atoms with Crippen LogP contribution in [0.3, 0.4) is 0 Å². The van der Waals surface area contributed by atoms with Crippen LogP contribution in [-0.2, 0) is 6.54 Å². The van der Waals surface area contributed by atoms with Crippen molar-refractivity contribution in [2.45, 2.75) is 6.54 Å². The van der Waals surface area contributed by atoms with E-state index >= 15 is 0 Å². The zero-order chi connectivity index (χ0) is 13.7. The summed E-state index contributed by atoms with van der Waals surface area (Å²) in [4.78, 5) is 23.0. The molecule has 0 fully saturated rings. The molecule has 0 aliphatic carbocycles. The summed E-state index contributed by atoms with van der Waals surface area (Å²) in [6, 6.07) is 8.64. The van der Waals surface area contributed by atoms with Crippen molar-refractivity contribution < 1.29 is 9.18 Å². The molecule has 1 heterocycles. The fourth-order valence-electron chi connectivity index (χ4n) is 1.57. The second kappa shape index (κ2) is 5.90. The molecule has 1 aromatic carbocycles. The smallest absolute Gasteiger partial charge is 0.266 e. The van der Waals surface area contributed by atoms with Crippen LogP contribution in [0.1, 0.15) is 10.4 Å². The van der Waals surface area contributed by atoms with Gasteiger partial charge in [0.25, 0.3) is 11.5 Å². The predicted molar refractivity (Wildman–Crippen MR) is 67.2 cm³/mol. The second-order valence-electron chi connectivity index (χ2n) is 3.82. The Balaban J connectivity index is 1.94. The summed E-state index contributed by atoms with van der Waals surface area (Å²) in [5.74, 6) is -1.09. The highest BCUT2D eigenvalue weighted by Crippen LogP contribution is 2.05. The molecule has 6 heteroatoms. The van der Waals surface area contributed by atoms with E-state index in [-0.39, 0.29) is 24.2 Å². The summed E-state index contributed by atoms with van der Waals surface area (Å²) >= 11 is 0. The maximum atomic E-state index is 13.3. The third kappa shape index (κ3) is 3.25.